The summed E-state index contributed by atoms with van der Waals surface area (Å²) in [4.78, 5) is 2.52. The molecule has 1 aromatic rings. The molecule has 0 aliphatic carbocycles. The van der Waals surface area contributed by atoms with E-state index in [1.165, 1.54) is 19.4 Å². The van der Waals surface area contributed by atoms with Crippen LogP contribution in [0.15, 0.2) is 24.3 Å². The van der Waals surface area contributed by atoms with E-state index in [9.17, 15) is 0 Å². The Morgan fingerprint density at radius 2 is 2.10 bits per heavy atom. The van der Waals surface area contributed by atoms with Crippen molar-refractivity contribution >= 4 is 11.6 Å². The Labute approximate surface area is 133 Å². The molecule has 1 aliphatic rings. The summed E-state index contributed by atoms with van der Waals surface area (Å²) in [5, 5.41) is 4.32. The fraction of sp³-hybridized carbons (Fsp3) is 0.647. The van der Waals surface area contributed by atoms with Crippen LogP contribution in [-0.2, 0) is 0 Å². The van der Waals surface area contributed by atoms with E-state index in [0.717, 1.165) is 37.0 Å². The van der Waals surface area contributed by atoms with Crippen LogP contribution in [0.2, 0.25) is 5.02 Å². The van der Waals surface area contributed by atoms with E-state index < -0.39 is 0 Å². The third kappa shape index (κ3) is 6.25. The van der Waals surface area contributed by atoms with Crippen molar-refractivity contribution in [3.63, 3.8) is 0 Å². The first-order chi connectivity index (χ1) is 10.1. The van der Waals surface area contributed by atoms with Crippen molar-refractivity contribution in [1.82, 2.24) is 10.2 Å². The number of halogens is 1. The minimum atomic E-state index is 0.652. The van der Waals surface area contributed by atoms with Gasteiger partial charge in [-0.15, -0.1) is 0 Å². The van der Waals surface area contributed by atoms with Gasteiger partial charge in [0.15, 0.2) is 0 Å². The SMILES string of the molecule is CC(C)CN(CCOc1ccc(Cl)cc1)CC1CCCN1. The van der Waals surface area contributed by atoms with Gasteiger partial charge < -0.3 is 10.1 Å². The normalized spacial score (nSPS) is 18.6. The Bertz CT molecular complexity index is 402. The molecule has 0 aromatic heterocycles. The van der Waals surface area contributed by atoms with Crippen LogP contribution < -0.4 is 10.1 Å². The molecule has 0 radical (unpaired) electrons. The second kappa shape index (κ2) is 8.62. The van der Waals surface area contributed by atoms with Gasteiger partial charge >= 0.3 is 0 Å². The van der Waals surface area contributed by atoms with Gasteiger partial charge in [-0.2, -0.15) is 0 Å². The molecule has 1 unspecified atom stereocenters. The van der Waals surface area contributed by atoms with E-state index in [4.69, 9.17) is 16.3 Å². The maximum atomic E-state index is 5.88. The molecule has 1 aromatic carbocycles. The molecule has 4 heteroatoms. The molecule has 1 saturated heterocycles. The van der Waals surface area contributed by atoms with E-state index >= 15 is 0 Å². The lowest BCUT2D eigenvalue weighted by Crippen LogP contribution is -2.41. The van der Waals surface area contributed by atoms with E-state index in [0.29, 0.717) is 12.0 Å². The fourth-order valence-electron chi connectivity index (χ4n) is 2.82. The van der Waals surface area contributed by atoms with Crippen LogP contribution in [0.4, 0.5) is 0 Å². The highest BCUT2D eigenvalue weighted by atomic mass is 35.5. The van der Waals surface area contributed by atoms with Gasteiger partial charge in [-0.05, 0) is 49.6 Å². The molecule has 1 atom stereocenters. The first kappa shape index (κ1) is 16.6. The van der Waals surface area contributed by atoms with Crippen LogP contribution in [-0.4, -0.2) is 43.7 Å². The van der Waals surface area contributed by atoms with Crippen LogP contribution in [0.3, 0.4) is 0 Å². The zero-order chi connectivity index (χ0) is 15.1. The van der Waals surface area contributed by atoms with Gasteiger partial charge in [0, 0.05) is 30.7 Å². The zero-order valence-electron chi connectivity index (χ0n) is 13.1. The third-order valence-corrected chi connectivity index (χ3v) is 4.01. The van der Waals surface area contributed by atoms with Crippen molar-refractivity contribution < 1.29 is 4.74 Å². The molecule has 21 heavy (non-hydrogen) atoms. The quantitative estimate of drug-likeness (QED) is 0.796. The Kier molecular flexibility index (Phi) is 6.81. The predicted molar refractivity (Wildman–Crippen MR) is 89.2 cm³/mol. The summed E-state index contributed by atoms with van der Waals surface area (Å²) in [5.74, 6) is 1.57. The zero-order valence-corrected chi connectivity index (χ0v) is 13.9. The van der Waals surface area contributed by atoms with Gasteiger partial charge in [0.25, 0.3) is 0 Å². The first-order valence-electron chi connectivity index (χ1n) is 7.97. The predicted octanol–water partition coefficient (Wildman–Crippen LogP) is 3.43. The summed E-state index contributed by atoms with van der Waals surface area (Å²) in [6.45, 7) is 9.66. The average molecular weight is 311 g/mol. The van der Waals surface area contributed by atoms with Crippen molar-refractivity contribution in [3.05, 3.63) is 29.3 Å². The molecule has 118 valence electrons. The number of ether oxygens (including phenoxy) is 1. The molecule has 0 spiro atoms. The molecular formula is C17H27ClN2O. The fourth-order valence-corrected chi connectivity index (χ4v) is 2.95. The van der Waals surface area contributed by atoms with Gasteiger partial charge in [0.2, 0.25) is 0 Å². The lowest BCUT2D eigenvalue weighted by Gasteiger charge is -2.27. The summed E-state index contributed by atoms with van der Waals surface area (Å²) in [5.41, 5.74) is 0. The van der Waals surface area contributed by atoms with Gasteiger partial charge in [0.1, 0.15) is 12.4 Å². The van der Waals surface area contributed by atoms with E-state index in [1.54, 1.807) is 0 Å². The molecule has 0 bridgehead atoms. The molecule has 1 aliphatic heterocycles. The molecule has 0 amide bonds. The molecule has 3 nitrogen and oxygen atoms in total. The topological polar surface area (TPSA) is 24.5 Å². The number of nitrogens with one attached hydrogen (secondary N) is 1. The number of nitrogens with zero attached hydrogens (tertiary/aromatic N) is 1. The second-order valence-electron chi connectivity index (χ2n) is 6.25. The number of hydrogen-bond donors (Lipinski definition) is 1. The Hall–Kier alpha value is -0.770. The molecule has 1 heterocycles. The van der Waals surface area contributed by atoms with Gasteiger partial charge in [-0.3, -0.25) is 4.90 Å². The summed E-state index contributed by atoms with van der Waals surface area (Å²) in [6, 6.07) is 8.23. The Balaban J connectivity index is 1.76. The van der Waals surface area contributed by atoms with Gasteiger partial charge in [0.05, 0.1) is 0 Å². The minimum Gasteiger partial charge on any atom is -0.492 e. The van der Waals surface area contributed by atoms with Crippen molar-refractivity contribution in [2.24, 2.45) is 5.92 Å². The second-order valence-corrected chi connectivity index (χ2v) is 6.69. The smallest absolute Gasteiger partial charge is 0.119 e. The lowest BCUT2D eigenvalue weighted by atomic mass is 10.1. The molecule has 0 saturated carbocycles. The number of hydrogen-bond acceptors (Lipinski definition) is 3. The summed E-state index contributed by atoms with van der Waals surface area (Å²) in [7, 11) is 0. The van der Waals surface area contributed by atoms with Crippen molar-refractivity contribution in [2.45, 2.75) is 32.7 Å². The van der Waals surface area contributed by atoms with Crippen LogP contribution in [0.5, 0.6) is 5.75 Å². The Morgan fingerprint density at radius 1 is 1.33 bits per heavy atom. The summed E-state index contributed by atoms with van der Waals surface area (Å²) < 4.78 is 5.82. The molecule has 2 rings (SSSR count). The average Bonchev–Trinajstić information content (AvgIpc) is 2.93. The molecule has 1 N–H and O–H groups in total. The van der Waals surface area contributed by atoms with Gasteiger partial charge in [-0.1, -0.05) is 25.4 Å². The first-order valence-corrected chi connectivity index (χ1v) is 8.35. The monoisotopic (exact) mass is 310 g/mol. The minimum absolute atomic E-state index is 0.652. The maximum Gasteiger partial charge on any atom is 0.119 e. The summed E-state index contributed by atoms with van der Waals surface area (Å²) in [6.07, 6.45) is 2.61. The highest BCUT2D eigenvalue weighted by Gasteiger charge is 2.18. The third-order valence-electron chi connectivity index (χ3n) is 3.75. The van der Waals surface area contributed by atoms with Crippen LogP contribution in [0.1, 0.15) is 26.7 Å². The number of benzene rings is 1. The van der Waals surface area contributed by atoms with Crippen LogP contribution >= 0.6 is 11.6 Å². The summed E-state index contributed by atoms with van der Waals surface area (Å²) >= 11 is 5.88. The van der Waals surface area contributed by atoms with Crippen LogP contribution in [0.25, 0.3) is 0 Å². The maximum absolute atomic E-state index is 5.88. The van der Waals surface area contributed by atoms with Gasteiger partial charge in [-0.25, -0.2) is 0 Å². The van der Waals surface area contributed by atoms with E-state index in [1.807, 2.05) is 24.3 Å². The largest absolute Gasteiger partial charge is 0.492 e. The Morgan fingerprint density at radius 3 is 2.71 bits per heavy atom. The van der Waals surface area contributed by atoms with E-state index in [-0.39, 0.29) is 0 Å². The highest BCUT2D eigenvalue weighted by molar-refractivity contribution is 6.30. The van der Waals surface area contributed by atoms with Crippen molar-refractivity contribution in [2.75, 3.05) is 32.8 Å². The molecule has 1 fully saturated rings. The van der Waals surface area contributed by atoms with Crippen molar-refractivity contribution in [1.29, 1.82) is 0 Å². The van der Waals surface area contributed by atoms with Crippen LogP contribution in [0, 0.1) is 5.92 Å². The van der Waals surface area contributed by atoms with E-state index in [2.05, 4.69) is 24.1 Å². The molecular weight excluding hydrogens is 284 g/mol. The van der Waals surface area contributed by atoms with Crippen molar-refractivity contribution in [3.8, 4) is 5.75 Å². The standard InChI is InChI=1S/C17H27ClN2O/c1-14(2)12-20(13-16-4-3-9-19-16)10-11-21-17-7-5-15(18)6-8-17/h5-8,14,16,19H,3-4,9-13H2,1-2H3. The highest BCUT2D eigenvalue weighted by Crippen LogP contribution is 2.15. The lowest BCUT2D eigenvalue weighted by molar-refractivity contribution is 0.181. The number of rotatable bonds is 8.